The van der Waals surface area contributed by atoms with Gasteiger partial charge in [0.15, 0.2) is 0 Å². The first-order valence-electron chi connectivity index (χ1n) is 8.38. The van der Waals surface area contributed by atoms with E-state index in [1.807, 2.05) is 0 Å². The van der Waals surface area contributed by atoms with Crippen molar-refractivity contribution in [1.82, 2.24) is 10.6 Å². The molecule has 3 rings (SSSR count). The second kappa shape index (κ2) is 8.55. The predicted molar refractivity (Wildman–Crippen MR) is 95.3 cm³/mol. The molecule has 0 aliphatic carbocycles. The number of carbonyl (C=O) groups excluding carboxylic acids is 2. The number of hydrogen-bond acceptors (Lipinski definition) is 4. The van der Waals surface area contributed by atoms with Crippen molar-refractivity contribution in [2.24, 2.45) is 0 Å². The average Bonchev–Trinajstić information content (AvgIpc) is 2.68. The van der Waals surface area contributed by atoms with Gasteiger partial charge in [0.2, 0.25) is 0 Å². The highest BCUT2D eigenvalue weighted by molar-refractivity contribution is 5.97. The molecule has 0 saturated carbocycles. The van der Waals surface area contributed by atoms with E-state index >= 15 is 0 Å². The molecule has 1 aliphatic rings. The van der Waals surface area contributed by atoms with Crippen LogP contribution in [0.5, 0.6) is 0 Å². The summed E-state index contributed by atoms with van der Waals surface area (Å²) in [5.41, 5.74) is 1.43. The van der Waals surface area contributed by atoms with Crippen molar-refractivity contribution >= 4 is 17.5 Å². The lowest BCUT2D eigenvalue weighted by Gasteiger charge is -2.22. The number of rotatable bonds is 5. The van der Waals surface area contributed by atoms with E-state index in [0.29, 0.717) is 30.0 Å². The van der Waals surface area contributed by atoms with Crippen LogP contribution >= 0.6 is 0 Å². The molecule has 3 N–H and O–H groups in total. The van der Waals surface area contributed by atoms with E-state index in [1.54, 1.807) is 42.5 Å². The standard InChI is InChI=1S/C19H20FN3O3/c20-16-4-2-1-3-14(16)11-22-18(24)13-5-7-15(8-6-13)23-19(25)17-12-21-9-10-26-17/h1-8,17,21H,9-12H2,(H,22,24)(H,23,25). The summed E-state index contributed by atoms with van der Waals surface area (Å²) in [5, 5.41) is 8.52. The van der Waals surface area contributed by atoms with Gasteiger partial charge in [0.1, 0.15) is 11.9 Å². The zero-order valence-electron chi connectivity index (χ0n) is 14.1. The van der Waals surface area contributed by atoms with E-state index < -0.39 is 6.10 Å². The highest BCUT2D eigenvalue weighted by Crippen LogP contribution is 2.12. The molecule has 1 fully saturated rings. The number of halogens is 1. The summed E-state index contributed by atoms with van der Waals surface area (Å²) >= 11 is 0. The Morgan fingerprint density at radius 1 is 1.15 bits per heavy atom. The van der Waals surface area contributed by atoms with Gasteiger partial charge >= 0.3 is 0 Å². The Morgan fingerprint density at radius 2 is 1.92 bits per heavy atom. The van der Waals surface area contributed by atoms with Crippen molar-refractivity contribution in [2.45, 2.75) is 12.6 Å². The van der Waals surface area contributed by atoms with E-state index in [2.05, 4.69) is 16.0 Å². The molecule has 1 atom stereocenters. The third-order valence-corrected chi connectivity index (χ3v) is 4.03. The molecule has 136 valence electrons. The fourth-order valence-electron chi connectivity index (χ4n) is 2.58. The smallest absolute Gasteiger partial charge is 0.254 e. The maximum atomic E-state index is 13.6. The van der Waals surface area contributed by atoms with Crippen molar-refractivity contribution in [1.29, 1.82) is 0 Å². The van der Waals surface area contributed by atoms with Crippen LogP contribution in [0.25, 0.3) is 0 Å². The van der Waals surface area contributed by atoms with Crippen molar-refractivity contribution in [2.75, 3.05) is 25.0 Å². The molecule has 1 aliphatic heterocycles. The Morgan fingerprint density at radius 3 is 2.62 bits per heavy atom. The number of morpholine rings is 1. The topological polar surface area (TPSA) is 79.5 Å². The lowest BCUT2D eigenvalue weighted by molar-refractivity contribution is -0.128. The monoisotopic (exact) mass is 357 g/mol. The molecule has 2 aromatic rings. The van der Waals surface area contributed by atoms with Crippen LogP contribution in [0.15, 0.2) is 48.5 Å². The fraction of sp³-hybridized carbons (Fsp3) is 0.263. The van der Waals surface area contributed by atoms with E-state index in [0.717, 1.165) is 6.54 Å². The molecule has 0 spiro atoms. The summed E-state index contributed by atoms with van der Waals surface area (Å²) in [6, 6.07) is 12.8. The molecule has 1 heterocycles. The molecule has 26 heavy (non-hydrogen) atoms. The van der Waals surface area contributed by atoms with E-state index in [4.69, 9.17) is 4.74 Å². The SMILES string of the molecule is O=C(NCc1ccccc1F)c1ccc(NC(=O)C2CNCCO2)cc1. The molecule has 2 amide bonds. The summed E-state index contributed by atoms with van der Waals surface area (Å²) in [6.45, 7) is 1.82. The first-order chi connectivity index (χ1) is 12.6. The minimum atomic E-state index is -0.521. The molecule has 6 nitrogen and oxygen atoms in total. The van der Waals surface area contributed by atoms with Gasteiger partial charge in [0.25, 0.3) is 11.8 Å². The van der Waals surface area contributed by atoms with Gasteiger partial charge in [-0.2, -0.15) is 0 Å². The number of anilines is 1. The lowest BCUT2D eigenvalue weighted by atomic mass is 10.1. The van der Waals surface area contributed by atoms with Crippen LogP contribution < -0.4 is 16.0 Å². The van der Waals surface area contributed by atoms with Crippen molar-refractivity contribution in [3.63, 3.8) is 0 Å². The van der Waals surface area contributed by atoms with Crippen LogP contribution in [-0.4, -0.2) is 37.6 Å². The van der Waals surface area contributed by atoms with Gasteiger partial charge in [-0.05, 0) is 30.3 Å². The van der Waals surface area contributed by atoms with Crippen LogP contribution in [0.3, 0.4) is 0 Å². The Labute approximate surface area is 150 Å². The number of amides is 2. The Balaban J connectivity index is 1.54. The Bertz CT molecular complexity index is 774. The number of carbonyl (C=O) groups is 2. The highest BCUT2D eigenvalue weighted by atomic mass is 19.1. The van der Waals surface area contributed by atoms with Crippen molar-refractivity contribution < 1.29 is 18.7 Å². The average molecular weight is 357 g/mol. The molecule has 0 bridgehead atoms. The Hall–Kier alpha value is -2.77. The van der Waals surface area contributed by atoms with E-state index in [9.17, 15) is 14.0 Å². The number of hydrogen-bond donors (Lipinski definition) is 3. The summed E-state index contributed by atoms with van der Waals surface area (Å²) in [4.78, 5) is 24.2. The summed E-state index contributed by atoms with van der Waals surface area (Å²) in [7, 11) is 0. The quantitative estimate of drug-likeness (QED) is 0.761. The van der Waals surface area contributed by atoms with Gasteiger partial charge in [-0.25, -0.2) is 4.39 Å². The maximum absolute atomic E-state index is 13.6. The second-order valence-corrected chi connectivity index (χ2v) is 5.90. The number of nitrogens with one attached hydrogen (secondary N) is 3. The fourth-order valence-corrected chi connectivity index (χ4v) is 2.58. The number of benzene rings is 2. The van der Waals surface area contributed by atoms with Gasteiger partial charge in [-0.3, -0.25) is 9.59 Å². The summed E-state index contributed by atoms with van der Waals surface area (Å²) < 4.78 is 19.0. The van der Waals surface area contributed by atoms with Gasteiger partial charge in [-0.1, -0.05) is 18.2 Å². The van der Waals surface area contributed by atoms with Crippen molar-refractivity contribution in [3.8, 4) is 0 Å². The molecule has 7 heteroatoms. The Kier molecular flexibility index (Phi) is 5.93. The zero-order valence-corrected chi connectivity index (χ0v) is 14.1. The summed E-state index contributed by atoms with van der Waals surface area (Å²) in [6.07, 6.45) is -0.521. The van der Waals surface area contributed by atoms with Gasteiger partial charge < -0.3 is 20.7 Å². The first kappa shape index (κ1) is 18.0. The second-order valence-electron chi connectivity index (χ2n) is 5.90. The largest absolute Gasteiger partial charge is 0.366 e. The molecule has 1 saturated heterocycles. The van der Waals surface area contributed by atoms with Crippen LogP contribution in [0.2, 0.25) is 0 Å². The molecular weight excluding hydrogens is 337 g/mol. The third-order valence-electron chi connectivity index (χ3n) is 4.03. The van der Waals surface area contributed by atoms with Crippen LogP contribution in [0, 0.1) is 5.82 Å². The zero-order chi connectivity index (χ0) is 18.4. The minimum absolute atomic E-state index is 0.107. The van der Waals surface area contributed by atoms with Crippen LogP contribution in [-0.2, 0) is 16.1 Å². The highest BCUT2D eigenvalue weighted by Gasteiger charge is 2.21. The molecule has 1 unspecified atom stereocenters. The lowest BCUT2D eigenvalue weighted by Crippen LogP contribution is -2.45. The number of ether oxygens (including phenoxy) is 1. The van der Waals surface area contributed by atoms with Crippen LogP contribution in [0.1, 0.15) is 15.9 Å². The van der Waals surface area contributed by atoms with Crippen LogP contribution in [0.4, 0.5) is 10.1 Å². The predicted octanol–water partition coefficient (Wildman–Crippen LogP) is 1.68. The molecular formula is C19H20FN3O3. The van der Waals surface area contributed by atoms with Gasteiger partial charge in [0.05, 0.1) is 6.61 Å². The first-order valence-corrected chi connectivity index (χ1v) is 8.38. The van der Waals surface area contributed by atoms with E-state index in [-0.39, 0.29) is 24.2 Å². The third kappa shape index (κ3) is 4.65. The molecule has 0 aromatic heterocycles. The summed E-state index contributed by atoms with van der Waals surface area (Å²) in [5.74, 6) is -0.898. The normalized spacial score (nSPS) is 16.7. The van der Waals surface area contributed by atoms with E-state index in [1.165, 1.54) is 6.07 Å². The maximum Gasteiger partial charge on any atom is 0.254 e. The minimum Gasteiger partial charge on any atom is -0.366 e. The van der Waals surface area contributed by atoms with Crippen molar-refractivity contribution in [3.05, 3.63) is 65.5 Å². The van der Waals surface area contributed by atoms with Gasteiger partial charge in [-0.15, -0.1) is 0 Å². The molecule has 0 radical (unpaired) electrons. The van der Waals surface area contributed by atoms with Gasteiger partial charge in [0, 0.05) is 36.4 Å². The molecule has 2 aromatic carbocycles.